The average molecular weight is 358 g/mol. The number of hydrogen-bond donors (Lipinski definition) is 0. The van der Waals surface area contributed by atoms with Crippen molar-refractivity contribution >= 4 is 55.0 Å². The molecular weight excluding hydrogens is 352 g/mol. The van der Waals surface area contributed by atoms with Crippen molar-refractivity contribution in [3.8, 4) is 11.5 Å². The van der Waals surface area contributed by atoms with Gasteiger partial charge < -0.3 is 9.47 Å². The number of thiophene rings is 1. The van der Waals surface area contributed by atoms with Gasteiger partial charge in [-0.3, -0.25) is 0 Å². The first-order valence-corrected chi connectivity index (χ1v) is 7.70. The highest BCUT2D eigenvalue weighted by atomic mass is 79.9. The molecule has 3 rings (SSSR count). The molecule has 0 saturated carbocycles. The lowest BCUT2D eigenvalue weighted by Crippen LogP contribution is -2.38. The molecule has 1 aromatic heterocycles. The number of halogens is 2. The lowest BCUT2D eigenvalue weighted by molar-refractivity contribution is 0.0552. The summed E-state index contributed by atoms with van der Waals surface area (Å²) >= 11 is 10.4. The number of ether oxygens (including phenoxy) is 2. The van der Waals surface area contributed by atoms with Gasteiger partial charge in [-0.25, -0.2) is 0 Å². The Labute approximate surface area is 107 Å². The van der Waals surface area contributed by atoms with Gasteiger partial charge in [0.05, 0.1) is 0 Å². The molecule has 6 heteroatoms. The zero-order chi connectivity index (χ0) is 9.71. The molecule has 0 unspecified atom stereocenters. The molecule has 0 aromatic carbocycles. The highest BCUT2D eigenvalue weighted by Crippen LogP contribution is 2.52. The van der Waals surface area contributed by atoms with Gasteiger partial charge in [-0.2, -0.15) is 11.8 Å². The average Bonchev–Trinajstić information content (AvgIpc) is 2.70. The van der Waals surface area contributed by atoms with Crippen LogP contribution in [0.2, 0.25) is 0 Å². The fourth-order valence-electron chi connectivity index (χ4n) is 1.59. The van der Waals surface area contributed by atoms with Crippen molar-refractivity contribution in [2.45, 2.75) is 12.2 Å². The Morgan fingerprint density at radius 3 is 2.00 bits per heavy atom. The van der Waals surface area contributed by atoms with Crippen LogP contribution in [0, 0.1) is 0 Å². The Bertz CT molecular complexity index is 347. The van der Waals surface area contributed by atoms with E-state index in [9.17, 15) is 0 Å². The summed E-state index contributed by atoms with van der Waals surface area (Å²) in [6.07, 6.45) is 0.454. The van der Waals surface area contributed by atoms with E-state index in [1.807, 2.05) is 11.8 Å². The van der Waals surface area contributed by atoms with Crippen molar-refractivity contribution in [3.05, 3.63) is 7.57 Å². The molecule has 0 N–H and O–H groups in total. The molecule has 1 aromatic rings. The topological polar surface area (TPSA) is 18.5 Å². The first-order chi connectivity index (χ1) is 6.75. The molecular formula is C8H6Br2O2S2. The van der Waals surface area contributed by atoms with Crippen LogP contribution in [-0.4, -0.2) is 23.7 Å². The second-order valence-electron chi connectivity index (χ2n) is 3.16. The van der Waals surface area contributed by atoms with E-state index in [4.69, 9.17) is 9.47 Å². The maximum Gasteiger partial charge on any atom is 0.188 e. The largest absolute Gasteiger partial charge is 0.480 e. The van der Waals surface area contributed by atoms with Gasteiger partial charge in [0.1, 0.15) is 19.8 Å². The fraction of sp³-hybridized carbons (Fsp3) is 0.500. The molecule has 1 fully saturated rings. The van der Waals surface area contributed by atoms with E-state index in [-0.39, 0.29) is 12.2 Å². The second-order valence-corrected chi connectivity index (χ2v) is 7.89. The van der Waals surface area contributed by atoms with Gasteiger partial charge in [-0.1, -0.05) is 0 Å². The summed E-state index contributed by atoms with van der Waals surface area (Å²) < 4.78 is 13.8. The maximum absolute atomic E-state index is 5.90. The monoisotopic (exact) mass is 356 g/mol. The Hall–Kier alpha value is 0.610. The first-order valence-electron chi connectivity index (χ1n) is 4.14. The summed E-state index contributed by atoms with van der Waals surface area (Å²) in [5.41, 5.74) is 0. The quantitative estimate of drug-likeness (QED) is 0.707. The molecule has 0 radical (unpaired) electrons. The minimum atomic E-state index is 0.227. The highest BCUT2D eigenvalue weighted by molar-refractivity contribution is 9.12. The molecule has 2 aliphatic rings. The third-order valence-electron chi connectivity index (χ3n) is 2.26. The van der Waals surface area contributed by atoms with Crippen LogP contribution < -0.4 is 9.47 Å². The molecule has 0 spiro atoms. The fourth-order valence-corrected chi connectivity index (χ4v) is 5.55. The number of fused-ring (bicyclic) bond motifs is 2. The smallest absolute Gasteiger partial charge is 0.188 e. The van der Waals surface area contributed by atoms with Crippen LogP contribution in [0.4, 0.5) is 0 Å². The third-order valence-corrected chi connectivity index (χ3v) is 5.81. The van der Waals surface area contributed by atoms with Crippen LogP contribution in [0.15, 0.2) is 7.57 Å². The number of thioether (sulfide) groups is 1. The molecule has 2 atom stereocenters. The molecule has 76 valence electrons. The van der Waals surface area contributed by atoms with Crippen LogP contribution in [-0.2, 0) is 0 Å². The van der Waals surface area contributed by atoms with Gasteiger partial charge in [-0.15, -0.1) is 11.3 Å². The molecule has 0 amide bonds. The maximum atomic E-state index is 5.90. The van der Waals surface area contributed by atoms with Gasteiger partial charge in [0.15, 0.2) is 11.5 Å². The lowest BCUT2D eigenvalue weighted by atomic mass is 10.2. The van der Waals surface area contributed by atoms with Gasteiger partial charge in [0.25, 0.3) is 0 Å². The minimum Gasteiger partial charge on any atom is -0.480 e. The Morgan fingerprint density at radius 2 is 1.50 bits per heavy atom. The van der Waals surface area contributed by atoms with Gasteiger partial charge >= 0.3 is 0 Å². The van der Waals surface area contributed by atoms with E-state index >= 15 is 0 Å². The molecule has 2 nitrogen and oxygen atoms in total. The number of hydrogen-bond acceptors (Lipinski definition) is 4. The summed E-state index contributed by atoms with van der Waals surface area (Å²) in [7, 11) is 0. The Morgan fingerprint density at radius 1 is 1.00 bits per heavy atom. The van der Waals surface area contributed by atoms with E-state index < -0.39 is 0 Å². The van der Waals surface area contributed by atoms with Crippen molar-refractivity contribution in [2.75, 3.05) is 11.5 Å². The minimum absolute atomic E-state index is 0.227. The standard InChI is InChI=1S/C8H6Br2O2S2/c9-7-5-6(8(10)14-7)12-4-2-13-1-3(4)11-5/h3-4H,1-2H2/t3-,4+. The van der Waals surface area contributed by atoms with Crippen LogP contribution in [0.25, 0.3) is 0 Å². The molecule has 14 heavy (non-hydrogen) atoms. The van der Waals surface area contributed by atoms with E-state index in [1.165, 1.54) is 0 Å². The van der Waals surface area contributed by atoms with Crippen LogP contribution >= 0.6 is 55.0 Å². The lowest BCUT2D eigenvalue weighted by Gasteiger charge is -2.27. The summed E-state index contributed by atoms with van der Waals surface area (Å²) in [6, 6.07) is 0. The normalized spacial score (nSPS) is 29.0. The van der Waals surface area contributed by atoms with Crippen LogP contribution in [0.1, 0.15) is 0 Å². The van der Waals surface area contributed by atoms with E-state index in [0.29, 0.717) is 0 Å². The number of rotatable bonds is 0. The summed E-state index contributed by atoms with van der Waals surface area (Å²) in [6.45, 7) is 0. The molecule has 3 heterocycles. The van der Waals surface area contributed by atoms with Crippen molar-refractivity contribution in [1.29, 1.82) is 0 Å². The summed E-state index contributed by atoms with van der Waals surface area (Å²) in [5.74, 6) is 3.80. The zero-order valence-corrected chi connectivity index (χ0v) is 11.8. The molecule has 1 saturated heterocycles. The van der Waals surface area contributed by atoms with Crippen molar-refractivity contribution in [1.82, 2.24) is 0 Å². The second kappa shape index (κ2) is 3.57. The molecule has 0 aliphatic carbocycles. The Kier molecular flexibility index (Phi) is 2.50. The van der Waals surface area contributed by atoms with Crippen molar-refractivity contribution in [3.63, 3.8) is 0 Å². The summed E-state index contributed by atoms with van der Waals surface area (Å²) in [4.78, 5) is 0. The summed E-state index contributed by atoms with van der Waals surface area (Å²) in [5, 5.41) is 0. The highest BCUT2D eigenvalue weighted by Gasteiger charge is 2.39. The van der Waals surface area contributed by atoms with Crippen LogP contribution in [0.3, 0.4) is 0 Å². The molecule has 0 bridgehead atoms. The predicted octanol–water partition coefficient (Wildman–Crippen LogP) is 3.53. The van der Waals surface area contributed by atoms with E-state index in [1.54, 1.807) is 11.3 Å². The van der Waals surface area contributed by atoms with E-state index in [2.05, 4.69) is 31.9 Å². The van der Waals surface area contributed by atoms with Gasteiger partial charge in [-0.05, 0) is 31.9 Å². The van der Waals surface area contributed by atoms with Crippen molar-refractivity contribution in [2.24, 2.45) is 0 Å². The predicted molar refractivity (Wildman–Crippen MR) is 65.9 cm³/mol. The Balaban J connectivity index is 2.03. The SMILES string of the molecule is Brc1sc(Br)c2c1O[C@H]1CSC[C@H]1O2. The third kappa shape index (κ3) is 1.42. The zero-order valence-electron chi connectivity index (χ0n) is 6.96. The van der Waals surface area contributed by atoms with Crippen LogP contribution in [0.5, 0.6) is 11.5 Å². The van der Waals surface area contributed by atoms with Gasteiger partial charge in [0, 0.05) is 11.5 Å². The first kappa shape index (κ1) is 9.81. The molecule has 2 aliphatic heterocycles. The van der Waals surface area contributed by atoms with Gasteiger partial charge in [0.2, 0.25) is 0 Å². The van der Waals surface area contributed by atoms with Crippen molar-refractivity contribution < 1.29 is 9.47 Å². The van der Waals surface area contributed by atoms with E-state index in [0.717, 1.165) is 30.6 Å².